The second-order valence-electron chi connectivity index (χ2n) is 8.12. The second-order valence-corrected chi connectivity index (χ2v) is 9.79. The molecular formula is C26H25Cl2N5S. The maximum absolute atomic E-state index is 6.17. The van der Waals surface area contributed by atoms with Crippen molar-refractivity contribution in [3.05, 3.63) is 93.3 Å². The highest BCUT2D eigenvalue weighted by atomic mass is 35.5. The lowest BCUT2D eigenvalue weighted by atomic mass is 10.0. The summed E-state index contributed by atoms with van der Waals surface area (Å²) in [4.78, 5) is 8.82. The van der Waals surface area contributed by atoms with Crippen molar-refractivity contribution in [1.82, 2.24) is 4.98 Å². The molecule has 0 amide bonds. The van der Waals surface area contributed by atoms with Gasteiger partial charge in [-0.25, -0.2) is 4.98 Å². The minimum atomic E-state index is 0.504. The summed E-state index contributed by atoms with van der Waals surface area (Å²) in [7, 11) is 8.11. The number of halogens is 2. The molecule has 4 aromatic rings. The predicted molar refractivity (Wildman–Crippen MR) is 148 cm³/mol. The number of hydrogen-bond donors (Lipinski definition) is 1. The standard InChI is InChI=1S/C26H25Cl2N5S/c1-32(2)20-10-5-17(6-11-20)25(18-7-12-21(13-8-18)33(3)4)30-31-26-29-24(16-34-26)19-9-14-22(27)23(28)15-19/h5-16H,1-4H3,(H,29,31). The Hall–Kier alpha value is -3.06. The average Bonchev–Trinajstić information content (AvgIpc) is 3.30. The number of rotatable bonds is 7. The lowest BCUT2D eigenvalue weighted by molar-refractivity contribution is 1.13. The van der Waals surface area contributed by atoms with Crippen LogP contribution in [0.3, 0.4) is 0 Å². The number of nitrogens with zero attached hydrogens (tertiary/aromatic N) is 4. The molecule has 34 heavy (non-hydrogen) atoms. The highest BCUT2D eigenvalue weighted by Crippen LogP contribution is 2.30. The molecule has 0 bridgehead atoms. The molecule has 0 atom stereocenters. The molecule has 174 valence electrons. The van der Waals surface area contributed by atoms with E-state index in [9.17, 15) is 0 Å². The van der Waals surface area contributed by atoms with Gasteiger partial charge in [0.25, 0.3) is 0 Å². The van der Waals surface area contributed by atoms with Gasteiger partial charge >= 0.3 is 0 Å². The molecule has 1 N–H and O–H groups in total. The van der Waals surface area contributed by atoms with Crippen LogP contribution in [0, 0.1) is 0 Å². The number of hydrogen-bond acceptors (Lipinski definition) is 6. The number of thiazole rings is 1. The van der Waals surface area contributed by atoms with E-state index in [-0.39, 0.29) is 0 Å². The topological polar surface area (TPSA) is 43.8 Å². The number of aromatic nitrogens is 1. The van der Waals surface area contributed by atoms with E-state index in [0.29, 0.717) is 15.2 Å². The first-order chi connectivity index (χ1) is 16.3. The van der Waals surface area contributed by atoms with Gasteiger partial charge in [-0.1, -0.05) is 53.5 Å². The third-order valence-corrected chi connectivity index (χ3v) is 6.78. The first-order valence-corrected chi connectivity index (χ1v) is 12.3. The van der Waals surface area contributed by atoms with Gasteiger partial charge in [0.2, 0.25) is 5.13 Å². The Kier molecular flexibility index (Phi) is 7.41. The van der Waals surface area contributed by atoms with Gasteiger partial charge in [0.15, 0.2) is 0 Å². The van der Waals surface area contributed by atoms with E-state index in [1.807, 2.05) is 45.7 Å². The van der Waals surface area contributed by atoms with Gasteiger partial charge in [-0.15, -0.1) is 11.3 Å². The van der Waals surface area contributed by atoms with Gasteiger partial charge in [0.05, 0.1) is 21.5 Å². The molecule has 0 saturated carbocycles. The molecule has 0 radical (unpaired) electrons. The van der Waals surface area contributed by atoms with Crippen molar-refractivity contribution < 1.29 is 0 Å². The first kappa shape index (κ1) is 24.1. The third-order valence-electron chi connectivity index (χ3n) is 5.30. The fourth-order valence-electron chi connectivity index (χ4n) is 3.35. The number of nitrogens with one attached hydrogen (secondary N) is 1. The lowest BCUT2D eigenvalue weighted by Crippen LogP contribution is -2.11. The molecule has 5 nitrogen and oxygen atoms in total. The van der Waals surface area contributed by atoms with Crippen LogP contribution in [0.25, 0.3) is 11.3 Å². The molecule has 0 aliphatic rings. The molecule has 0 unspecified atom stereocenters. The van der Waals surface area contributed by atoms with Crippen LogP contribution in [0.15, 0.2) is 77.2 Å². The van der Waals surface area contributed by atoms with Crippen molar-refractivity contribution in [1.29, 1.82) is 0 Å². The molecular weight excluding hydrogens is 485 g/mol. The average molecular weight is 510 g/mol. The zero-order chi connectivity index (χ0) is 24.2. The summed E-state index contributed by atoms with van der Waals surface area (Å²) in [6, 6.07) is 22.2. The zero-order valence-corrected chi connectivity index (χ0v) is 21.7. The van der Waals surface area contributed by atoms with Crippen LogP contribution < -0.4 is 15.2 Å². The van der Waals surface area contributed by atoms with Crippen molar-refractivity contribution in [2.24, 2.45) is 5.10 Å². The van der Waals surface area contributed by atoms with Gasteiger partial charge in [0, 0.05) is 61.6 Å². The predicted octanol–water partition coefficient (Wildman–Crippen LogP) is 7.11. The molecule has 0 saturated heterocycles. The van der Waals surface area contributed by atoms with Crippen molar-refractivity contribution in [2.45, 2.75) is 0 Å². The van der Waals surface area contributed by atoms with Crippen molar-refractivity contribution in [3.63, 3.8) is 0 Å². The van der Waals surface area contributed by atoms with E-state index in [1.165, 1.54) is 11.3 Å². The monoisotopic (exact) mass is 509 g/mol. The maximum Gasteiger partial charge on any atom is 0.203 e. The zero-order valence-electron chi connectivity index (χ0n) is 19.4. The molecule has 1 heterocycles. The van der Waals surface area contributed by atoms with Crippen LogP contribution in [0.4, 0.5) is 16.5 Å². The Morgan fingerprint density at radius 2 is 1.35 bits per heavy atom. The minimum Gasteiger partial charge on any atom is -0.378 e. The molecule has 0 aliphatic heterocycles. The molecule has 0 fully saturated rings. The smallest absolute Gasteiger partial charge is 0.203 e. The van der Waals surface area contributed by atoms with Gasteiger partial charge < -0.3 is 9.80 Å². The Morgan fingerprint density at radius 3 is 1.85 bits per heavy atom. The molecule has 0 spiro atoms. The Morgan fingerprint density at radius 1 is 0.794 bits per heavy atom. The van der Waals surface area contributed by atoms with Crippen molar-refractivity contribution >= 4 is 56.8 Å². The molecule has 8 heteroatoms. The van der Waals surface area contributed by atoms with Crippen LogP contribution in [-0.4, -0.2) is 38.9 Å². The SMILES string of the molecule is CN(C)c1ccc(C(=NNc2nc(-c3ccc(Cl)c(Cl)c3)cs2)c2ccc(N(C)C)cc2)cc1. The summed E-state index contributed by atoms with van der Waals surface area (Å²) in [5, 5.41) is 8.44. The van der Waals surface area contributed by atoms with E-state index in [0.717, 1.165) is 39.5 Å². The van der Waals surface area contributed by atoms with E-state index in [4.69, 9.17) is 28.3 Å². The fourth-order valence-corrected chi connectivity index (χ4v) is 4.31. The van der Waals surface area contributed by atoms with Crippen molar-refractivity contribution in [3.8, 4) is 11.3 Å². The van der Waals surface area contributed by atoms with Crippen LogP contribution in [0.1, 0.15) is 11.1 Å². The molecule has 4 rings (SSSR count). The number of benzene rings is 3. The first-order valence-electron chi connectivity index (χ1n) is 10.6. The van der Waals surface area contributed by atoms with Gasteiger partial charge in [-0.05, 0) is 36.4 Å². The molecule has 1 aromatic heterocycles. The quantitative estimate of drug-likeness (QED) is 0.213. The van der Waals surface area contributed by atoms with Crippen molar-refractivity contribution in [2.75, 3.05) is 43.4 Å². The summed E-state index contributed by atoms with van der Waals surface area (Å²) in [5.41, 5.74) is 9.98. The summed E-state index contributed by atoms with van der Waals surface area (Å²) in [5.74, 6) is 0. The van der Waals surface area contributed by atoms with Crippen LogP contribution >= 0.6 is 34.5 Å². The van der Waals surface area contributed by atoms with E-state index in [1.54, 1.807) is 6.07 Å². The summed E-state index contributed by atoms with van der Waals surface area (Å²) < 4.78 is 0. The van der Waals surface area contributed by atoms with Gasteiger partial charge in [0.1, 0.15) is 0 Å². The Labute approximate surface area is 214 Å². The third kappa shape index (κ3) is 5.53. The lowest BCUT2D eigenvalue weighted by Gasteiger charge is -2.15. The largest absolute Gasteiger partial charge is 0.378 e. The summed E-state index contributed by atoms with van der Waals surface area (Å²) in [6.07, 6.45) is 0. The maximum atomic E-state index is 6.17. The van der Waals surface area contributed by atoms with Gasteiger partial charge in [-0.3, -0.25) is 5.43 Å². The number of anilines is 3. The molecule has 0 aliphatic carbocycles. The van der Waals surface area contributed by atoms with Crippen LogP contribution in [0.2, 0.25) is 10.0 Å². The van der Waals surface area contributed by atoms with E-state index >= 15 is 0 Å². The normalized spacial score (nSPS) is 10.6. The van der Waals surface area contributed by atoms with Crippen LogP contribution in [0.5, 0.6) is 0 Å². The fraction of sp³-hybridized carbons (Fsp3) is 0.154. The highest BCUT2D eigenvalue weighted by Gasteiger charge is 2.11. The Balaban J connectivity index is 1.65. The number of hydrazone groups is 1. The van der Waals surface area contributed by atoms with E-state index in [2.05, 4.69) is 68.7 Å². The summed E-state index contributed by atoms with van der Waals surface area (Å²) >= 11 is 13.7. The second kappa shape index (κ2) is 10.5. The Bertz CT molecular complexity index is 1240. The highest BCUT2D eigenvalue weighted by molar-refractivity contribution is 7.14. The molecule has 3 aromatic carbocycles. The van der Waals surface area contributed by atoms with Gasteiger partial charge in [-0.2, -0.15) is 5.10 Å². The minimum absolute atomic E-state index is 0.504. The van der Waals surface area contributed by atoms with E-state index < -0.39 is 0 Å². The summed E-state index contributed by atoms with van der Waals surface area (Å²) in [6.45, 7) is 0. The van der Waals surface area contributed by atoms with Crippen LogP contribution in [-0.2, 0) is 0 Å².